The van der Waals surface area contributed by atoms with Gasteiger partial charge in [-0.2, -0.15) is 13.2 Å². The number of aromatic nitrogens is 4. The second-order valence-electron chi connectivity index (χ2n) is 9.99. The van der Waals surface area contributed by atoms with Crippen LogP contribution in [0.3, 0.4) is 0 Å². The first-order chi connectivity index (χ1) is 16.6. The lowest BCUT2D eigenvalue weighted by Crippen LogP contribution is -2.43. The second kappa shape index (κ2) is 8.48. The number of halogens is 3. The molecule has 1 saturated carbocycles. The molecule has 5 rings (SSSR count). The van der Waals surface area contributed by atoms with Crippen LogP contribution < -0.4 is 5.32 Å². The van der Waals surface area contributed by atoms with Gasteiger partial charge >= 0.3 is 6.18 Å². The molecular formula is C26H28F3N5O. The van der Waals surface area contributed by atoms with Gasteiger partial charge < -0.3 is 14.3 Å². The fraction of sp³-hybridized carbons (Fsp3) is 0.423. The Labute approximate surface area is 201 Å². The minimum absolute atomic E-state index is 0.145. The van der Waals surface area contributed by atoms with Crippen LogP contribution >= 0.6 is 0 Å². The van der Waals surface area contributed by atoms with Crippen molar-refractivity contribution in [2.75, 3.05) is 0 Å². The van der Waals surface area contributed by atoms with Gasteiger partial charge in [0.05, 0.1) is 5.41 Å². The Hall–Kier alpha value is -3.20. The van der Waals surface area contributed by atoms with E-state index in [1.807, 2.05) is 49.7 Å². The number of nitrogens with zero attached hydrogens (tertiary/aromatic N) is 4. The molecule has 0 bridgehead atoms. The minimum Gasteiger partial charge on any atom is -0.435 e. The van der Waals surface area contributed by atoms with E-state index in [0.717, 1.165) is 30.3 Å². The zero-order chi connectivity index (χ0) is 25.0. The van der Waals surface area contributed by atoms with Crippen molar-refractivity contribution in [3.05, 3.63) is 65.2 Å². The van der Waals surface area contributed by atoms with Gasteiger partial charge in [-0.1, -0.05) is 32.9 Å². The van der Waals surface area contributed by atoms with Crippen LogP contribution in [0.1, 0.15) is 56.1 Å². The number of oxazole rings is 1. The summed E-state index contributed by atoms with van der Waals surface area (Å²) < 4.78 is 49.4. The second-order valence-corrected chi connectivity index (χ2v) is 9.99. The third kappa shape index (κ3) is 4.22. The highest BCUT2D eigenvalue weighted by Crippen LogP contribution is 2.52. The molecule has 4 aromatic rings. The van der Waals surface area contributed by atoms with Gasteiger partial charge in [-0.25, -0.2) is 4.98 Å². The van der Waals surface area contributed by atoms with Crippen molar-refractivity contribution in [3.63, 3.8) is 0 Å². The van der Waals surface area contributed by atoms with Crippen LogP contribution in [-0.4, -0.2) is 25.8 Å². The van der Waals surface area contributed by atoms with E-state index in [2.05, 4.69) is 27.4 Å². The zero-order valence-corrected chi connectivity index (χ0v) is 20.1. The smallest absolute Gasteiger partial charge is 0.420 e. The highest BCUT2D eigenvalue weighted by Gasteiger charge is 2.48. The van der Waals surface area contributed by atoms with E-state index in [9.17, 15) is 13.2 Å². The lowest BCUT2D eigenvalue weighted by Gasteiger charge is -2.46. The predicted octanol–water partition coefficient (Wildman–Crippen LogP) is 5.86. The van der Waals surface area contributed by atoms with Gasteiger partial charge in [0.2, 0.25) is 5.89 Å². The molecule has 0 spiro atoms. The molecular weight excluding hydrogens is 455 g/mol. The van der Waals surface area contributed by atoms with Crippen molar-refractivity contribution in [1.29, 1.82) is 0 Å². The lowest BCUT2D eigenvalue weighted by atomic mass is 9.58. The molecule has 2 aromatic carbocycles. The van der Waals surface area contributed by atoms with E-state index >= 15 is 0 Å². The van der Waals surface area contributed by atoms with Crippen LogP contribution in [0.4, 0.5) is 13.2 Å². The number of nitrogens with one attached hydrogen (secondary N) is 1. The summed E-state index contributed by atoms with van der Waals surface area (Å²) in [6.45, 7) is 6.40. The molecule has 1 aliphatic carbocycles. The van der Waals surface area contributed by atoms with Gasteiger partial charge in [0.25, 0.3) is 0 Å². The number of hydrogen-bond acceptors (Lipinski definition) is 5. The Morgan fingerprint density at radius 1 is 1.20 bits per heavy atom. The summed E-state index contributed by atoms with van der Waals surface area (Å²) in [4.78, 5) is 4.48. The SMILES string of the molecule is CC1CC(c2cccc(-c3nc4cc(CNC(C)C)cc(C(F)(F)F)c4o3)c2)(c2nncn2C)C1. The highest BCUT2D eigenvalue weighted by atomic mass is 19.4. The summed E-state index contributed by atoms with van der Waals surface area (Å²) in [5.41, 5.74) is 1.02. The molecule has 9 heteroatoms. The van der Waals surface area contributed by atoms with E-state index in [0.29, 0.717) is 23.6 Å². The maximum atomic E-state index is 13.9. The normalized spacial score (nSPS) is 20.5. The van der Waals surface area contributed by atoms with Gasteiger partial charge in [0, 0.05) is 25.2 Å². The third-order valence-corrected chi connectivity index (χ3v) is 6.77. The molecule has 0 amide bonds. The maximum Gasteiger partial charge on any atom is 0.420 e. The molecule has 6 nitrogen and oxygen atoms in total. The fourth-order valence-corrected chi connectivity index (χ4v) is 5.19. The van der Waals surface area contributed by atoms with Crippen LogP contribution in [0.5, 0.6) is 0 Å². The average Bonchev–Trinajstić information content (AvgIpc) is 3.40. The number of hydrogen-bond donors (Lipinski definition) is 1. The molecule has 1 aliphatic rings. The Morgan fingerprint density at radius 3 is 2.60 bits per heavy atom. The number of rotatable bonds is 6. The summed E-state index contributed by atoms with van der Waals surface area (Å²) in [5, 5.41) is 11.6. The van der Waals surface area contributed by atoms with Crippen LogP contribution in [0, 0.1) is 5.92 Å². The molecule has 0 radical (unpaired) electrons. The molecule has 2 aromatic heterocycles. The van der Waals surface area contributed by atoms with Crippen molar-refractivity contribution in [1.82, 2.24) is 25.1 Å². The Balaban J connectivity index is 1.58. The number of benzene rings is 2. The molecule has 0 aliphatic heterocycles. The first-order valence-corrected chi connectivity index (χ1v) is 11.8. The fourth-order valence-electron chi connectivity index (χ4n) is 5.19. The monoisotopic (exact) mass is 483 g/mol. The van der Waals surface area contributed by atoms with Crippen molar-refractivity contribution in [2.24, 2.45) is 13.0 Å². The van der Waals surface area contributed by atoms with Crippen LogP contribution in [0.25, 0.3) is 22.6 Å². The molecule has 1 fully saturated rings. The summed E-state index contributed by atoms with van der Waals surface area (Å²) in [5.74, 6) is 1.58. The van der Waals surface area contributed by atoms with Crippen molar-refractivity contribution in [2.45, 2.75) is 57.8 Å². The summed E-state index contributed by atoms with van der Waals surface area (Å²) in [6, 6.07) is 10.6. The first kappa shape index (κ1) is 23.5. The average molecular weight is 484 g/mol. The molecule has 35 heavy (non-hydrogen) atoms. The summed E-state index contributed by atoms with van der Waals surface area (Å²) in [6.07, 6.45) is -1.03. The van der Waals surface area contributed by atoms with Crippen LogP contribution in [-0.2, 0) is 25.2 Å². The summed E-state index contributed by atoms with van der Waals surface area (Å²) >= 11 is 0. The summed E-state index contributed by atoms with van der Waals surface area (Å²) in [7, 11) is 1.93. The predicted molar refractivity (Wildman–Crippen MR) is 127 cm³/mol. The van der Waals surface area contributed by atoms with Crippen molar-refractivity contribution in [3.8, 4) is 11.5 Å². The third-order valence-electron chi connectivity index (χ3n) is 6.77. The standard InChI is InChI=1S/C26H28F3N5O/c1-15(2)30-13-17-8-20(26(27,28)29)22-21(9-17)32-23(35-22)18-6-5-7-19(10-18)25(11-16(3)12-25)24-33-31-14-34(24)4/h5-10,14-16,30H,11-13H2,1-4H3. The quantitative estimate of drug-likeness (QED) is 0.372. The molecule has 0 saturated heterocycles. The van der Waals surface area contributed by atoms with E-state index in [1.54, 1.807) is 12.4 Å². The first-order valence-electron chi connectivity index (χ1n) is 11.8. The number of alkyl halides is 3. The highest BCUT2D eigenvalue weighted by molar-refractivity contribution is 5.81. The van der Waals surface area contributed by atoms with E-state index in [1.165, 1.54) is 0 Å². The molecule has 0 unspecified atom stereocenters. The maximum absolute atomic E-state index is 13.9. The topological polar surface area (TPSA) is 68.8 Å². The van der Waals surface area contributed by atoms with Crippen LogP contribution in [0.2, 0.25) is 0 Å². The van der Waals surface area contributed by atoms with Crippen molar-refractivity contribution >= 4 is 11.1 Å². The largest absolute Gasteiger partial charge is 0.435 e. The molecule has 2 heterocycles. The van der Waals surface area contributed by atoms with E-state index in [4.69, 9.17) is 4.42 Å². The van der Waals surface area contributed by atoms with Gasteiger partial charge in [-0.3, -0.25) is 0 Å². The number of aryl methyl sites for hydroxylation is 1. The molecule has 184 valence electrons. The molecule has 1 N–H and O–H groups in total. The molecule has 0 atom stereocenters. The Bertz CT molecular complexity index is 1370. The Morgan fingerprint density at radius 2 is 1.97 bits per heavy atom. The van der Waals surface area contributed by atoms with Crippen molar-refractivity contribution < 1.29 is 17.6 Å². The lowest BCUT2D eigenvalue weighted by molar-refractivity contribution is -0.136. The van der Waals surface area contributed by atoms with Gasteiger partial charge in [0.15, 0.2) is 5.58 Å². The van der Waals surface area contributed by atoms with E-state index in [-0.39, 0.29) is 28.4 Å². The Kier molecular flexibility index (Phi) is 5.70. The zero-order valence-electron chi connectivity index (χ0n) is 20.1. The van der Waals surface area contributed by atoms with E-state index < -0.39 is 11.7 Å². The van der Waals surface area contributed by atoms with Crippen LogP contribution in [0.15, 0.2) is 47.1 Å². The number of fused-ring (bicyclic) bond motifs is 1. The van der Waals surface area contributed by atoms with Gasteiger partial charge in [-0.15, -0.1) is 10.2 Å². The minimum atomic E-state index is -4.55. The van der Waals surface area contributed by atoms with Gasteiger partial charge in [0.1, 0.15) is 23.2 Å². The van der Waals surface area contributed by atoms with Gasteiger partial charge in [-0.05, 0) is 54.2 Å².